The molecule has 0 unspecified atom stereocenters. The quantitative estimate of drug-likeness (QED) is 0.187. The molecule has 1 aromatic heterocycles. The van der Waals surface area contributed by atoms with Crippen molar-refractivity contribution in [1.82, 2.24) is 5.16 Å². The van der Waals surface area contributed by atoms with Crippen LogP contribution in [-0.4, -0.2) is 28.6 Å². The molecule has 1 aliphatic heterocycles. The minimum Gasteiger partial charge on any atom is -0.507 e. The number of hydrogen-bond acceptors (Lipinski definition) is 7. The molecule has 1 amide bonds. The van der Waals surface area contributed by atoms with Crippen LogP contribution in [0.3, 0.4) is 0 Å². The van der Waals surface area contributed by atoms with E-state index in [1.54, 1.807) is 61.5 Å². The zero-order valence-electron chi connectivity index (χ0n) is 21.0. The fourth-order valence-electron chi connectivity index (χ4n) is 4.37. The molecule has 1 saturated heterocycles. The molecular formula is C30H26N2O6. The van der Waals surface area contributed by atoms with E-state index >= 15 is 0 Å². The number of hydrogen-bond donors (Lipinski definition) is 1. The van der Waals surface area contributed by atoms with E-state index < -0.39 is 17.7 Å². The fourth-order valence-corrected chi connectivity index (χ4v) is 4.37. The lowest BCUT2D eigenvalue weighted by Crippen LogP contribution is -2.29. The Balaban J connectivity index is 1.52. The Kier molecular flexibility index (Phi) is 6.95. The molecule has 8 nitrogen and oxygen atoms in total. The summed E-state index contributed by atoms with van der Waals surface area (Å²) < 4.78 is 16.6. The second-order valence-corrected chi connectivity index (χ2v) is 8.77. The maximum Gasteiger partial charge on any atom is 0.301 e. The highest BCUT2D eigenvalue weighted by Crippen LogP contribution is 2.42. The molecule has 4 aromatic rings. The van der Waals surface area contributed by atoms with E-state index in [4.69, 9.17) is 14.0 Å². The second-order valence-electron chi connectivity index (χ2n) is 8.77. The van der Waals surface area contributed by atoms with Gasteiger partial charge in [-0.2, -0.15) is 0 Å². The van der Waals surface area contributed by atoms with Crippen LogP contribution in [0.4, 0.5) is 5.82 Å². The molecule has 0 spiro atoms. The molecule has 3 aromatic carbocycles. The van der Waals surface area contributed by atoms with Crippen molar-refractivity contribution in [3.63, 3.8) is 0 Å². The van der Waals surface area contributed by atoms with E-state index in [2.05, 4.69) is 5.16 Å². The van der Waals surface area contributed by atoms with Gasteiger partial charge in [-0.05, 0) is 61.4 Å². The van der Waals surface area contributed by atoms with Crippen molar-refractivity contribution in [2.45, 2.75) is 26.5 Å². The number of aromatic nitrogens is 1. The molecule has 1 N–H and O–H groups in total. The number of amides is 1. The van der Waals surface area contributed by atoms with E-state index in [0.29, 0.717) is 41.6 Å². The first-order valence-corrected chi connectivity index (χ1v) is 12.2. The Bertz CT molecular complexity index is 1470. The van der Waals surface area contributed by atoms with Gasteiger partial charge in [-0.1, -0.05) is 47.6 Å². The second kappa shape index (κ2) is 10.6. The van der Waals surface area contributed by atoms with Crippen LogP contribution in [0.25, 0.3) is 5.76 Å². The Morgan fingerprint density at radius 1 is 0.947 bits per heavy atom. The lowest BCUT2D eigenvalue weighted by molar-refractivity contribution is -0.132. The predicted molar refractivity (Wildman–Crippen MR) is 141 cm³/mol. The third-order valence-corrected chi connectivity index (χ3v) is 6.19. The molecule has 0 radical (unpaired) electrons. The zero-order chi connectivity index (χ0) is 26.6. The summed E-state index contributed by atoms with van der Waals surface area (Å²) in [5.41, 5.74) is 1.97. The number of anilines is 1. The number of carbonyl (C=O) groups excluding carboxylic acids is 2. The first-order chi connectivity index (χ1) is 18.5. The summed E-state index contributed by atoms with van der Waals surface area (Å²) in [4.78, 5) is 27.7. The Hall–Kier alpha value is -4.85. The lowest BCUT2D eigenvalue weighted by atomic mass is 9.95. The predicted octanol–water partition coefficient (Wildman–Crippen LogP) is 5.59. The van der Waals surface area contributed by atoms with Crippen molar-refractivity contribution in [3.05, 3.63) is 113 Å². The smallest absolute Gasteiger partial charge is 0.301 e. The molecule has 1 fully saturated rings. The molecule has 2 heterocycles. The SMILES string of the molecule is CCOc1ccc(C(O)=C2C(=O)C(=O)N(c3cc(C)on3)[C@@H]2c2ccc(OCc3ccccc3)cc2)cc1. The topological polar surface area (TPSA) is 102 Å². The van der Waals surface area contributed by atoms with Gasteiger partial charge in [0.2, 0.25) is 0 Å². The van der Waals surface area contributed by atoms with Gasteiger partial charge in [0.05, 0.1) is 18.2 Å². The molecule has 0 saturated carbocycles. The van der Waals surface area contributed by atoms with Crippen molar-refractivity contribution < 1.29 is 28.7 Å². The van der Waals surface area contributed by atoms with Gasteiger partial charge in [0.25, 0.3) is 5.78 Å². The monoisotopic (exact) mass is 510 g/mol. The van der Waals surface area contributed by atoms with E-state index in [1.807, 2.05) is 37.3 Å². The highest BCUT2D eigenvalue weighted by atomic mass is 16.5. The third-order valence-electron chi connectivity index (χ3n) is 6.19. The van der Waals surface area contributed by atoms with Gasteiger partial charge in [-0.25, -0.2) is 0 Å². The molecule has 192 valence electrons. The molecule has 1 aliphatic rings. The average molecular weight is 511 g/mol. The fraction of sp³-hybridized carbons (Fsp3) is 0.167. The van der Waals surface area contributed by atoms with Gasteiger partial charge in [-0.15, -0.1) is 0 Å². The maximum absolute atomic E-state index is 13.3. The van der Waals surface area contributed by atoms with Crippen LogP contribution in [0.5, 0.6) is 11.5 Å². The molecule has 38 heavy (non-hydrogen) atoms. The Morgan fingerprint density at radius 2 is 1.61 bits per heavy atom. The normalized spacial score (nSPS) is 16.6. The minimum atomic E-state index is -0.922. The summed E-state index contributed by atoms with van der Waals surface area (Å²) in [6.07, 6.45) is 0. The number of carbonyl (C=O) groups is 2. The van der Waals surface area contributed by atoms with Crippen LogP contribution < -0.4 is 14.4 Å². The summed E-state index contributed by atoms with van der Waals surface area (Å²) in [5.74, 6) is 0.0142. The number of rotatable bonds is 8. The van der Waals surface area contributed by atoms with Crippen LogP contribution in [-0.2, 0) is 16.2 Å². The summed E-state index contributed by atoms with van der Waals surface area (Å²) in [5, 5.41) is 15.2. The van der Waals surface area contributed by atoms with E-state index in [0.717, 1.165) is 5.56 Å². The van der Waals surface area contributed by atoms with Crippen LogP contribution in [0.1, 0.15) is 35.4 Å². The highest BCUT2D eigenvalue weighted by Gasteiger charge is 2.48. The number of aliphatic hydroxyl groups is 1. The van der Waals surface area contributed by atoms with Gasteiger partial charge >= 0.3 is 5.91 Å². The van der Waals surface area contributed by atoms with Crippen molar-refractivity contribution in [3.8, 4) is 11.5 Å². The number of ketones is 1. The summed E-state index contributed by atoms with van der Waals surface area (Å²) >= 11 is 0. The van der Waals surface area contributed by atoms with Crippen molar-refractivity contribution in [2.75, 3.05) is 11.5 Å². The van der Waals surface area contributed by atoms with E-state index in [9.17, 15) is 14.7 Å². The van der Waals surface area contributed by atoms with Gasteiger partial charge in [0.1, 0.15) is 29.6 Å². The van der Waals surface area contributed by atoms with Crippen molar-refractivity contribution in [2.24, 2.45) is 0 Å². The van der Waals surface area contributed by atoms with E-state index in [-0.39, 0.29) is 17.2 Å². The Morgan fingerprint density at radius 3 is 2.24 bits per heavy atom. The Labute approximate surface area is 219 Å². The highest BCUT2D eigenvalue weighted by molar-refractivity contribution is 6.51. The van der Waals surface area contributed by atoms with Gasteiger partial charge < -0.3 is 19.1 Å². The van der Waals surface area contributed by atoms with Gasteiger partial charge in [0.15, 0.2) is 5.82 Å². The number of aryl methyl sites for hydroxylation is 1. The number of benzene rings is 3. The molecule has 0 aliphatic carbocycles. The largest absolute Gasteiger partial charge is 0.507 e. The third kappa shape index (κ3) is 4.88. The first-order valence-electron chi connectivity index (χ1n) is 12.2. The summed E-state index contributed by atoms with van der Waals surface area (Å²) in [6.45, 7) is 4.47. The van der Waals surface area contributed by atoms with Crippen molar-refractivity contribution >= 4 is 23.3 Å². The number of aliphatic hydroxyl groups excluding tert-OH is 1. The standard InChI is InChI=1S/C30H26N2O6/c1-3-36-23-15-11-22(12-16-23)28(33)26-27(32(30(35)29(26)34)25-17-19(2)38-31-25)21-9-13-24(14-10-21)37-18-20-7-5-4-6-8-20/h4-17,27,33H,3,18H2,1-2H3/t27-/m1/s1. The molecular weight excluding hydrogens is 484 g/mol. The van der Waals surface area contributed by atoms with E-state index in [1.165, 1.54) is 4.90 Å². The van der Waals surface area contributed by atoms with Crippen LogP contribution in [0, 0.1) is 6.92 Å². The molecule has 5 rings (SSSR count). The van der Waals surface area contributed by atoms with Gasteiger partial charge in [0, 0.05) is 11.6 Å². The average Bonchev–Trinajstić information content (AvgIpc) is 3.48. The number of nitrogens with zero attached hydrogens (tertiary/aromatic N) is 2. The van der Waals surface area contributed by atoms with Crippen LogP contribution in [0.15, 0.2) is 95.0 Å². The molecule has 8 heteroatoms. The first kappa shape index (κ1) is 24.8. The maximum atomic E-state index is 13.3. The lowest BCUT2D eigenvalue weighted by Gasteiger charge is -2.23. The van der Waals surface area contributed by atoms with Gasteiger partial charge in [-0.3, -0.25) is 14.5 Å². The minimum absolute atomic E-state index is 0.0437. The van der Waals surface area contributed by atoms with Crippen LogP contribution >= 0.6 is 0 Å². The van der Waals surface area contributed by atoms with Crippen molar-refractivity contribution in [1.29, 1.82) is 0 Å². The summed E-state index contributed by atoms with van der Waals surface area (Å²) in [7, 11) is 0. The zero-order valence-corrected chi connectivity index (χ0v) is 21.0. The van der Waals surface area contributed by atoms with Crippen LogP contribution in [0.2, 0.25) is 0 Å². The summed E-state index contributed by atoms with van der Waals surface area (Å²) in [6, 6.07) is 24.2. The number of Topliss-reactive ketones (excluding diaryl/α,β-unsaturated/α-hetero) is 1. The molecule has 0 bridgehead atoms. The molecule has 1 atom stereocenters. The number of ether oxygens (including phenoxy) is 2.